The van der Waals surface area contributed by atoms with Crippen LogP contribution in [0, 0.1) is 5.92 Å². The van der Waals surface area contributed by atoms with Crippen molar-refractivity contribution in [1.82, 2.24) is 10.2 Å². The summed E-state index contributed by atoms with van der Waals surface area (Å²) in [6, 6.07) is -2.23. The van der Waals surface area contributed by atoms with Crippen LogP contribution >= 0.6 is 58.0 Å². The molecule has 5 unspecified atom stereocenters. The van der Waals surface area contributed by atoms with Gasteiger partial charge in [-0.1, -0.05) is 59.9 Å². The van der Waals surface area contributed by atoms with Crippen LogP contribution in [0.15, 0.2) is 12.2 Å². The van der Waals surface area contributed by atoms with Gasteiger partial charge in [0.15, 0.2) is 6.04 Å². The molecule has 31 heavy (non-hydrogen) atoms. The van der Waals surface area contributed by atoms with E-state index in [-0.39, 0.29) is 29.4 Å². The van der Waals surface area contributed by atoms with Crippen molar-refractivity contribution < 1.29 is 23.9 Å². The summed E-state index contributed by atoms with van der Waals surface area (Å²) < 4.78 is 8.86. The number of nitrogens with zero attached hydrogens (tertiary/aromatic N) is 1. The number of carbonyl (C=O) groups is 3. The number of likely N-dealkylation sites (tertiary alicyclic amines) is 1. The molecule has 2 rings (SSSR count). The second-order valence-corrected chi connectivity index (χ2v) is 10.8. The first-order valence-corrected chi connectivity index (χ1v) is 12.0. The molecule has 1 aliphatic carbocycles. The summed E-state index contributed by atoms with van der Waals surface area (Å²) in [6.07, 6.45) is 3.01. The molecule has 2 fully saturated rings. The van der Waals surface area contributed by atoms with Crippen LogP contribution in [0.3, 0.4) is 0 Å². The lowest BCUT2D eigenvalue weighted by Crippen LogP contribution is -2.72. The predicted molar refractivity (Wildman–Crippen MR) is 121 cm³/mol. The van der Waals surface area contributed by atoms with Gasteiger partial charge in [0.1, 0.15) is 18.1 Å². The molecule has 1 saturated heterocycles. The number of nitrogens with one attached hydrogen (secondary N) is 1. The Morgan fingerprint density at radius 2 is 2.00 bits per heavy atom. The lowest BCUT2D eigenvalue weighted by Gasteiger charge is -2.47. The average molecular weight is 539 g/mol. The third-order valence-corrected chi connectivity index (χ3v) is 6.24. The number of hydrogen-bond acceptors (Lipinski definition) is 5. The Bertz CT molecular complexity index is 702. The van der Waals surface area contributed by atoms with Gasteiger partial charge in [0.25, 0.3) is 5.91 Å². The Labute approximate surface area is 206 Å². The van der Waals surface area contributed by atoms with Crippen LogP contribution in [0.25, 0.3) is 0 Å². The zero-order chi connectivity index (χ0) is 23.3. The zero-order valence-corrected chi connectivity index (χ0v) is 20.7. The summed E-state index contributed by atoms with van der Waals surface area (Å²) in [5.74, 6) is -2.08. The molecule has 0 aromatic carbocycles. The minimum atomic E-state index is -1.82. The van der Waals surface area contributed by atoms with E-state index < -0.39 is 39.9 Å². The number of alkyl halides is 5. The third kappa shape index (κ3) is 7.02. The van der Waals surface area contributed by atoms with Gasteiger partial charge in [0, 0.05) is 18.4 Å². The van der Waals surface area contributed by atoms with E-state index in [9.17, 15) is 14.4 Å². The Hall–Kier alpha value is -0.440. The van der Waals surface area contributed by atoms with Gasteiger partial charge in [-0.05, 0) is 31.3 Å². The molecule has 0 bridgehead atoms. The average Bonchev–Trinajstić information content (AvgIpc) is 3.20. The maximum Gasteiger partial charge on any atom is 0.333 e. The highest BCUT2D eigenvalue weighted by molar-refractivity contribution is 6.67. The van der Waals surface area contributed by atoms with Crippen LogP contribution < -0.4 is 5.32 Å². The summed E-state index contributed by atoms with van der Waals surface area (Å²) >= 11 is 29.0. The monoisotopic (exact) mass is 536 g/mol. The van der Waals surface area contributed by atoms with E-state index in [2.05, 4.69) is 11.9 Å². The third-order valence-electron chi connectivity index (χ3n) is 5.11. The number of carbonyl (C=O) groups excluding carboxylic acids is 3. The molecule has 1 saturated carbocycles. The number of hydrogen-bond donors (Lipinski definition) is 1. The van der Waals surface area contributed by atoms with Crippen molar-refractivity contribution in [3.05, 3.63) is 12.2 Å². The molecule has 0 aromatic rings. The van der Waals surface area contributed by atoms with Crippen molar-refractivity contribution in [2.45, 2.75) is 60.1 Å². The molecule has 0 aromatic heterocycles. The summed E-state index contributed by atoms with van der Waals surface area (Å²) in [5.41, 5.74) is -0.804. The second kappa shape index (κ2) is 11.6. The molecule has 2 amide bonds. The Kier molecular flexibility index (Phi) is 10.0. The predicted octanol–water partition coefficient (Wildman–Crippen LogP) is 3.55. The van der Waals surface area contributed by atoms with Gasteiger partial charge in [-0.15, -0.1) is 11.6 Å². The number of ether oxygens (including phenoxy) is 2. The fraction of sp³-hybridized carbons (Fsp3) is 0.737. The van der Waals surface area contributed by atoms with E-state index in [4.69, 9.17) is 67.5 Å². The van der Waals surface area contributed by atoms with E-state index in [0.717, 1.165) is 17.7 Å². The van der Waals surface area contributed by atoms with Gasteiger partial charge in [-0.3, -0.25) is 9.59 Å². The maximum atomic E-state index is 12.7. The molecule has 5 atom stereocenters. The van der Waals surface area contributed by atoms with Gasteiger partial charge < -0.3 is 19.7 Å². The lowest BCUT2D eigenvalue weighted by atomic mass is 9.98. The highest BCUT2D eigenvalue weighted by atomic mass is 35.6. The van der Waals surface area contributed by atoms with Gasteiger partial charge >= 0.3 is 5.97 Å². The number of amides is 2. The van der Waals surface area contributed by atoms with Crippen LogP contribution in [0.5, 0.6) is 0 Å². The van der Waals surface area contributed by atoms with Gasteiger partial charge in [0.05, 0.1) is 6.10 Å². The molecular formula is C19H25Cl5N2O5. The van der Waals surface area contributed by atoms with Crippen molar-refractivity contribution in [3.63, 3.8) is 0 Å². The molecule has 1 heterocycles. The van der Waals surface area contributed by atoms with E-state index >= 15 is 0 Å². The highest BCUT2D eigenvalue weighted by Crippen LogP contribution is 2.33. The summed E-state index contributed by atoms with van der Waals surface area (Å²) in [4.78, 5) is 38.9. The SMILES string of the molecule is C=C(CCl)C(C(=O)OCC(Cl)(Cl)Cl)N1C(=O)C(NC(=O)C2CCC(OCCC)C2)C1Cl. The normalized spacial score (nSPS) is 26.9. The highest BCUT2D eigenvalue weighted by Gasteiger charge is 2.53. The summed E-state index contributed by atoms with van der Waals surface area (Å²) in [6.45, 7) is 5.85. The first kappa shape index (κ1) is 26.8. The standard InChI is InChI=1S/C19H25Cl5N2O5/c1-3-6-30-12-5-4-11(7-12)16(27)25-13-15(21)26(17(13)28)14(10(2)8-20)18(29)31-9-19(22,23)24/h11-15H,2-9H2,1H3,(H,25,27). The van der Waals surface area contributed by atoms with Crippen molar-refractivity contribution >= 4 is 75.8 Å². The Morgan fingerprint density at radius 3 is 2.55 bits per heavy atom. The van der Waals surface area contributed by atoms with Crippen LogP contribution in [0.4, 0.5) is 0 Å². The van der Waals surface area contributed by atoms with Crippen LogP contribution in [-0.2, 0) is 23.9 Å². The summed E-state index contributed by atoms with van der Waals surface area (Å²) in [7, 11) is 0. The van der Waals surface area contributed by atoms with E-state index in [1.54, 1.807) is 0 Å². The summed E-state index contributed by atoms with van der Waals surface area (Å²) in [5, 5.41) is 2.68. The molecule has 1 aliphatic heterocycles. The van der Waals surface area contributed by atoms with Gasteiger partial charge in [-0.25, -0.2) is 4.79 Å². The fourth-order valence-electron chi connectivity index (χ4n) is 3.55. The zero-order valence-electron chi connectivity index (χ0n) is 16.9. The largest absolute Gasteiger partial charge is 0.459 e. The Morgan fingerprint density at radius 1 is 1.32 bits per heavy atom. The molecule has 2 aliphatic rings. The van der Waals surface area contributed by atoms with Crippen LogP contribution in [-0.4, -0.2) is 69.3 Å². The number of esters is 1. The smallest absolute Gasteiger partial charge is 0.333 e. The molecule has 0 spiro atoms. The van der Waals surface area contributed by atoms with Gasteiger partial charge in [0.2, 0.25) is 9.70 Å². The number of rotatable bonds is 10. The molecule has 7 nitrogen and oxygen atoms in total. The van der Waals surface area contributed by atoms with Gasteiger partial charge in [-0.2, -0.15) is 0 Å². The van der Waals surface area contributed by atoms with Crippen molar-refractivity contribution in [1.29, 1.82) is 0 Å². The first-order valence-electron chi connectivity index (χ1n) is 9.85. The molecule has 0 radical (unpaired) electrons. The van der Waals surface area contributed by atoms with Crippen molar-refractivity contribution in [2.24, 2.45) is 5.92 Å². The van der Waals surface area contributed by atoms with Crippen LogP contribution in [0.1, 0.15) is 32.6 Å². The van der Waals surface area contributed by atoms with Crippen molar-refractivity contribution in [3.8, 4) is 0 Å². The van der Waals surface area contributed by atoms with E-state index in [1.165, 1.54) is 0 Å². The topological polar surface area (TPSA) is 84.9 Å². The molecule has 1 N–H and O–H groups in total. The second-order valence-electron chi connectivity index (χ2n) is 7.52. The van der Waals surface area contributed by atoms with E-state index in [1.807, 2.05) is 6.92 Å². The molecule has 176 valence electrons. The number of halogens is 5. The van der Waals surface area contributed by atoms with E-state index in [0.29, 0.717) is 19.4 Å². The maximum absolute atomic E-state index is 12.7. The fourth-order valence-corrected chi connectivity index (χ4v) is 4.24. The lowest BCUT2D eigenvalue weighted by molar-refractivity contribution is -0.163. The minimum absolute atomic E-state index is 0.0419. The molecule has 12 heteroatoms. The Balaban J connectivity index is 1.97. The quantitative estimate of drug-likeness (QED) is 0.151. The first-order chi connectivity index (χ1) is 14.5. The van der Waals surface area contributed by atoms with Crippen LogP contribution in [0.2, 0.25) is 0 Å². The number of β-lactam (4-membered cyclic amide) rings is 1. The molecular weight excluding hydrogens is 513 g/mol. The minimum Gasteiger partial charge on any atom is -0.459 e. The van der Waals surface area contributed by atoms with Crippen molar-refractivity contribution in [2.75, 3.05) is 19.1 Å².